The van der Waals surface area contributed by atoms with Crippen molar-refractivity contribution in [1.29, 1.82) is 0 Å². The van der Waals surface area contributed by atoms with Crippen molar-refractivity contribution >= 4 is 77.7 Å². The summed E-state index contributed by atoms with van der Waals surface area (Å²) >= 11 is 22.4. The first-order valence-electron chi connectivity index (χ1n) is 3.91. The first kappa shape index (κ1) is 12.4. The van der Waals surface area contributed by atoms with Crippen LogP contribution >= 0.6 is 77.7 Å². The molecule has 1 atom stereocenters. The first-order chi connectivity index (χ1) is 7.09. The Labute approximate surface area is 122 Å². The second kappa shape index (κ2) is 5.07. The second-order valence-electron chi connectivity index (χ2n) is 2.77. The van der Waals surface area contributed by atoms with E-state index in [4.69, 9.17) is 23.2 Å². The van der Waals surface area contributed by atoms with E-state index in [1.807, 2.05) is 17.5 Å². The molecule has 0 radical (unpaired) electrons. The van der Waals surface area contributed by atoms with E-state index in [9.17, 15) is 0 Å². The Morgan fingerprint density at radius 1 is 1.33 bits per heavy atom. The summed E-state index contributed by atoms with van der Waals surface area (Å²) in [5.74, 6) is 0. The third-order valence-corrected chi connectivity index (χ3v) is 6.98. The van der Waals surface area contributed by atoms with E-state index in [1.54, 1.807) is 22.7 Å². The molecule has 0 saturated heterocycles. The van der Waals surface area contributed by atoms with Gasteiger partial charge in [-0.25, -0.2) is 0 Å². The van der Waals surface area contributed by atoms with Gasteiger partial charge in [0.15, 0.2) is 0 Å². The van der Waals surface area contributed by atoms with Gasteiger partial charge in [-0.05, 0) is 49.4 Å². The minimum atomic E-state index is -0.131. The number of thiophene rings is 2. The van der Waals surface area contributed by atoms with E-state index in [0.29, 0.717) is 5.02 Å². The smallest absolute Gasteiger partial charge is 0.103 e. The second-order valence-corrected chi connectivity index (χ2v) is 7.81. The largest absolute Gasteiger partial charge is 0.146 e. The lowest BCUT2D eigenvalue weighted by Gasteiger charge is -2.04. The van der Waals surface area contributed by atoms with Crippen LogP contribution in [0.15, 0.2) is 25.8 Å². The number of hydrogen-bond acceptors (Lipinski definition) is 2. The molecule has 0 N–H and O–H groups in total. The highest BCUT2D eigenvalue weighted by molar-refractivity contribution is 9.11. The normalized spacial score (nSPS) is 13.1. The highest BCUT2D eigenvalue weighted by Crippen LogP contribution is 2.43. The molecule has 0 aliphatic heterocycles. The summed E-state index contributed by atoms with van der Waals surface area (Å²) in [6.45, 7) is 0. The van der Waals surface area contributed by atoms with E-state index in [0.717, 1.165) is 18.0 Å². The molecule has 80 valence electrons. The van der Waals surface area contributed by atoms with Crippen LogP contribution in [0, 0.1) is 0 Å². The maximum atomic E-state index is 6.37. The highest BCUT2D eigenvalue weighted by atomic mass is 79.9. The van der Waals surface area contributed by atoms with Gasteiger partial charge in [-0.2, -0.15) is 0 Å². The molecular weight excluding hydrogens is 403 g/mol. The molecule has 0 amide bonds. The van der Waals surface area contributed by atoms with Gasteiger partial charge in [-0.3, -0.25) is 0 Å². The van der Waals surface area contributed by atoms with Crippen LogP contribution in [0.2, 0.25) is 5.02 Å². The van der Waals surface area contributed by atoms with Crippen molar-refractivity contribution in [2.75, 3.05) is 0 Å². The average Bonchev–Trinajstić information content (AvgIpc) is 2.74. The Morgan fingerprint density at radius 2 is 2.07 bits per heavy atom. The number of hydrogen-bond donors (Lipinski definition) is 0. The summed E-state index contributed by atoms with van der Waals surface area (Å²) in [6.07, 6.45) is 0. The van der Waals surface area contributed by atoms with Crippen molar-refractivity contribution in [3.8, 4) is 0 Å². The Kier molecular flexibility index (Phi) is 4.19. The Bertz CT molecular complexity index is 459. The highest BCUT2D eigenvalue weighted by Gasteiger charge is 2.18. The monoisotopic (exact) mass is 404 g/mol. The molecule has 2 aromatic heterocycles. The summed E-state index contributed by atoms with van der Waals surface area (Å²) in [7, 11) is 0. The minimum absolute atomic E-state index is 0.131. The fourth-order valence-corrected chi connectivity index (χ4v) is 5.11. The van der Waals surface area contributed by atoms with Gasteiger partial charge in [-0.15, -0.1) is 34.3 Å². The van der Waals surface area contributed by atoms with E-state index < -0.39 is 0 Å². The maximum Gasteiger partial charge on any atom is 0.103 e. The van der Waals surface area contributed by atoms with Crippen LogP contribution in [0.5, 0.6) is 0 Å². The summed E-state index contributed by atoms with van der Waals surface area (Å²) in [4.78, 5) is 2.17. The van der Waals surface area contributed by atoms with Crippen molar-refractivity contribution < 1.29 is 0 Å². The predicted octanol–water partition coefficient (Wildman–Crippen LogP) is 6.32. The van der Waals surface area contributed by atoms with Gasteiger partial charge in [-0.1, -0.05) is 11.6 Å². The molecule has 0 fully saturated rings. The molecular formula is C9H4Br2Cl2S2. The zero-order chi connectivity index (χ0) is 11.0. The van der Waals surface area contributed by atoms with Crippen molar-refractivity contribution in [2.45, 2.75) is 5.38 Å². The maximum absolute atomic E-state index is 6.37. The summed E-state index contributed by atoms with van der Waals surface area (Å²) in [6, 6.07) is 3.90. The van der Waals surface area contributed by atoms with Crippen LogP contribution in [-0.4, -0.2) is 0 Å². The molecule has 0 nitrogen and oxygen atoms in total. The minimum Gasteiger partial charge on any atom is -0.146 e. The molecule has 0 aliphatic rings. The van der Waals surface area contributed by atoms with Crippen molar-refractivity contribution in [2.24, 2.45) is 0 Å². The molecule has 6 heteroatoms. The Hall–Kier alpha value is 0.940. The fraction of sp³-hybridized carbons (Fsp3) is 0.111. The summed E-state index contributed by atoms with van der Waals surface area (Å²) in [5, 5.41) is 2.60. The Morgan fingerprint density at radius 3 is 2.53 bits per heavy atom. The topological polar surface area (TPSA) is 0 Å². The molecule has 2 heterocycles. The average molecular weight is 407 g/mol. The van der Waals surface area contributed by atoms with Gasteiger partial charge >= 0.3 is 0 Å². The zero-order valence-electron chi connectivity index (χ0n) is 7.14. The van der Waals surface area contributed by atoms with E-state index >= 15 is 0 Å². The van der Waals surface area contributed by atoms with Crippen LogP contribution in [0.25, 0.3) is 0 Å². The van der Waals surface area contributed by atoms with Crippen LogP contribution in [0.3, 0.4) is 0 Å². The number of halogens is 4. The van der Waals surface area contributed by atoms with Gasteiger partial charge in [0.1, 0.15) is 5.38 Å². The van der Waals surface area contributed by atoms with Crippen LogP contribution < -0.4 is 0 Å². The van der Waals surface area contributed by atoms with Gasteiger partial charge in [0.2, 0.25) is 0 Å². The molecule has 2 rings (SSSR count). The van der Waals surface area contributed by atoms with Crippen molar-refractivity contribution in [1.82, 2.24) is 0 Å². The zero-order valence-corrected chi connectivity index (χ0v) is 13.5. The van der Waals surface area contributed by atoms with Crippen LogP contribution in [0.1, 0.15) is 15.1 Å². The third-order valence-electron chi connectivity index (χ3n) is 1.79. The van der Waals surface area contributed by atoms with Gasteiger partial charge in [0.05, 0.1) is 8.81 Å². The third kappa shape index (κ3) is 2.61. The Balaban J connectivity index is 2.36. The lowest BCUT2D eigenvalue weighted by molar-refractivity contribution is 1.23. The standard InChI is InChI=1S/C9H4Br2Cl2S2/c10-4-1-2-14-8(4)7(13)6-3-5(12)9(11)15-6/h1-3,7H. The molecule has 0 spiro atoms. The number of rotatable bonds is 2. The summed E-state index contributed by atoms with van der Waals surface area (Å²) in [5.41, 5.74) is 0. The molecule has 0 bridgehead atoms. The molecule has 2 aromatic rings. The number of alkyl halides is 1. The van der Waals surface area contributed by atoms with Gasteiger partial charge in [0.25, 0.3) is 0 Å². The van der Waals surface area contributed by atoms with E-state index in [1.165, 1.54) is 0 Å². The quantitative estimate of drug-likeness (QED) is 0.512. The molecule has 0 aliphatic carbocycles. The van der Waals surface area contributed by atoms with Crippen LogP contribution in [-0.2, 0) is 0 Å². The van der Waals surface area contributed by atoms with E-state index in [2.05, 4.69) is 31.9 Å². The van der Waals surface area contributed by atoms with Gasteiger partial charge in [0, 0.05) is 14.2 Å². The summed E-state index contributed by atoms with van der Waals surface area (Å²) < 4.78 is 1.98. The molecule has 1 unspecified atom stereocenters. The first-order valence-corrected chi connectivity index (χ1v) is 8.01. The predicted molar refractivity (Wildman–Crippen MR) is 76.7 cm³/mol. The van der Waals surface area contributed by atoms with Crippen molar-refractivity contribution in [3.63, 3.8) is 0 Å². The fourth-order valence-electron chi connectivity index (χ4n) is 1.10. The molecule has 0 saturated carbocycles. The lowest BCUT2D eigenvalue weighted by atomic mass is 10.3. The molecule has 0 aromatic carbocycles. The lowest BCUT2D eigenvalue weighted by Crippen LogP contribution is -1.85. The molecule has 15 heavy (non-hydrogen) atoms. The van der Waals surface area contributed by atoms with Crippen LogP contribution in [0.4, 0.5) is 0 Å². The van der Waals surface area contributed by atoms with E-state index in [-0.39, 0.29) is 5.38 Å². The SMILES string of the molecule is Clc1cc(C(Cl)c2sccc2Br)sc1Br. The van der Waals surface area contributed by atoms with Gasteiger partial charge < -0.3 is 0 Å². The van der Waals surface area contributed by atoms with Crippen molar-refractivity contribution in [3.05, 3.63) is 40.5 Å².